The van der Waals surface area contributed by atoms with E-state index in [0.717, 1.165) is 12.0 Å². The van der Waals surface area contributed by atoms with Crippen LogP contribution >= 0.6 is 0 Å². The number of fused-ring (bicyclic) bond motifs is 2. The molecule has 0 saturated heterocycles. The van der Waals surface area contributed by atoms with Gasteiger partial charge in [-0.25, -0.2) is 0 Å². The first-order valence-electron chi connectivity index (χ1n) is 9.42. The minimum Gasteiger partial charge on any atom is -0.392 e. The van der Waals surface area contributed by atoms with Crippen LogP contribution in [0.25, 0.3) is 0 Å². The van der Waals surface area contributed by atoms with Crippen molar-refractivity contribution in [3.63, 3.8) is 0 Å². The van der Waals surface area contributed by atoms with Crippen LogP contribution in [0, 0.1) is 28.6 Å². The summed E-state index contributed by atoms with van der Waals surface area (Å²) >= 11 is 0. The number of ketones is 1. The standard InChI is InChI=1S/C20H30O5/c1-10-11-5-6-12-16(23)19(11,9-18(12,4)24)8-15(22)20(25)13(10)7-14(21)17(20,2)3/h11-13,15-16,22-25H,1,5-9H2,2-4H3/t11-,12+,13-,15+,16+,18+,19-,20-/m0/s1. The zero-order valence-corrected chi connectivity index (χ0v) is 15.3. The lowest BCUT2D eigenvalue weighted by atomic mass is 9.61. The highest BCUT2D eigenvalue weighted by Gasteiger charge is 2.72. The van der Waals surface area contributed by atoms with Gasteiger partial charge in [0.25, 0.3) is 0 Å². The van der Waals surface area contributed by atoms with E-state index in [-0.39, 0.29) is 30.5 Å². The molecule has 4 N–H and O–H groups in total. The molecule has 4 aliphatic rings. The van der Waals surface area contributed by atoms with Crippen LogP contribution in [0.5, 0.6) is 0 Å². The number of hydrogen-bond donors (Lipinski definition) is 4. The quantitative estimate of drug-likeness (QED) is 0.492. The van der Waals surface area contributed by atoms with Gasteiger partial charge in [-0.15, -0.1) is 0 Å². The number of carbonyl (C=O) groups is 1. The molecule has 0 unspecified atom stereocenters. The summed E-state index contributed by atoms with van der Waals surface area (Å²) in [6, 6.07) is 0. The minimum absolute atomic E-state index is 0.0520. The molecule has 0 heterocycles. The smallest absolute Gasteiger partial charge is 0.142 e. The molecular formula is C20H30O5. The summed E-state index contributed by atoms with van der Waals surface area (Å²) < 4.78 is 0. The first-order chi connectivity index (χ1) is 11.4. The Hall–Kier alpha value is -0.750. The van der Waals surface area contributed by atoms with E-state index in [0.29, 0.717) is 12.8 Å². The number of carbonyl (C=O) groups excluding carboxylic acids is 1. The first kappa shape index (κ1) is 17.7. The third-order valence-electron chi connectivity index (χ3n) is 8.51. The van der Waals surface area contributed by atoms with Gasteiger partial charge in [0.05, 0.1) is 23.2 Å². The fraction of sp³-hybridized carbons (Fsp3) is 0.850. The molecule has 4 fully saturated rings. The molecule has 0 aliphatic heterocycles. The second-order valence-corrected chi connectivity index (χ2v) is 9.87. The van der Waals surface area contributed by atoms with E-state index in [1.807, 2.05) is 0 Å². The van der Waals surface area contributed by atoms with Gasteiger partial charge in [0.15, 0.2) is 0 Å². The Morgan fingerprint density at radius 1 is 1.08 bits per heavy atom. The Kier molecular flexibility index (Phi) is 3.35. The molecule has 4 saturated carbocycles. The van der Waals surface area contributed by atoms with Crippen LogP contribution in [-0.4, -0.2) is 49.6 Å². The molecule has 0 aromatic carbocycles. The predicted molar refractivity (Wildman–Crippen MR) is 91.5 cm³/mol. The molecule has 0 aromatic heterocycles. The van der Waals surface area contributed by atoms with Gasteiger partial charge >= 0.3 is 0 Å². The van der Waals surface area contributed by atoms with E-state index in [1.54, 1.807) is 20.8 Å². The third kappa shape index (κ3) is 1.81. The van der Waals surface area contributed by atoms with Crippen molar-refractivity contribution in [1.29, 1.82) is 0 Å². The summed E-state index contributed by atoms with van der Waals surface area (Å²) in [5.41, 5.74) is -3.52. The van der Waals surface area contributed by atoms with E-state index in [9.17, 15) is 25.2 Å². The van der Waals surface area contributed by atoms with E-state index >= 15 is 0 Å². The summed E-state index contributed by atoms with van der Waals surface area (Å²) in [7, 11) is 0. The lowest BCUT2D eigenvalue weighted by molar-refractivity contribution is -0.167. The van der Waals surface area contributed by atoms with Crippen LogP contribution < -0.4 is 0 Å². The monoisotopic (exact) mass is 350 g/mol. The number of aliphatic hydroxyl groups is 4. The Balaban J connectivity index is 1.86. The van der Waals surface area contributed by atoms with E-state index < -0.39 is 40.2 Å². The molecule has 4 aliphatic carbocycles. The van der Waals surface area contributed by atoms with Crippen molar-refractivity contribution in [3.8, 4) is 0 Å². The zero-order valence-electron chi connectivity index (χ0n) is 15.3. The number of hydrogen-bond acceptors (Lipinski definition) is 5. The van der Waals surface area contributed by atoms with Crippen molar-refractivity contribution in [1.82, 2.24) is 0 Å². The van der Waals surface area contributed by atoms with Crippen molar-refractivity contribution >= 4 is 5.78 Å². The van der Waals surface area contributed by atoms with Crippen LogP contribution in [0.2, 0.25) is 0 Å². The van der Waals surface area contributed by atoms with Crippen LogP contribution in [0.3, 0.4) is 0 Å². The number of Topliss-reactive ketones (excluding diaryl/α,β-unsaturated/α-hetero) is 1. The van der Waals surface area contributed by atoms with Crippen molar-refractivity contribution in [2.24, 2.45) is 28.6 Å². The molecule has 0 amide bonds. The van der Waals surface area contributed by atoms with Gasteiger partial charge in [0, 0.05) is 23.7 Å². The van der Waals surface area contributed by atoms with Crippen molar-refractivity contribution in [2.75, 3.05) is 0 Å². The molecule has 2 bridgehead atoms. The topological polar surface area (TPSA) is 98.0 Å². The molecule has 140 valence electrons. The van der Waals surface area contributed by atoms with Gasteiger partial charge in [-0.3, -0.25) is 4.79 Å². The maximum atomic E-state index is 12.6. The summed E-state index contributed by atoms with van der Waals surface area (Å²) in [4.78, 5) is 12.6. The Labute approximate surface area is 148 Å². The highest BCUT2D eigenvalue weighted by atomic mass is 16.3. The summed E-state index contributed by atoms with van der Waals surface area (Å²) in [6.45, 7) is 9.42. The van der Waals surface area contributed by atoms with E-state index in [4.69, 9.17) is 0 Å². The largest absolute Gasteiger partial charge is 0.392 e. The maximum Gasteiger partial charge on any atom is 0.142 e. The average Bonchev–Trinajstić information content (AvgIpc) is 2.71. The fourth-order valence-electron chi connectivity index (χ4n) is 7.04. The summed E-state index contributed by atoms with van der Waals surface area (Å²) in [5.74, 6) is -0.860. The zero-order chi connectivity index (χ0) is 18.6. The fourth-order valence-corrected chi connectivity index (χ4v) is 7.04. The predicted octanol–water partition coefficient (Wildman–Crippen LogP) is 1.18. The molecule has 5 nitrogen and oxygen atoms in total. The third-order valence-corrected chi connectivity index (χ3v) is 8.51. The molecule has 0 radical (unpaired) electrons. The van der Waals surface area contributed by atoms with E-state index in [2.05, 4.69) is 6.58 Å². The van der Waals surface area contributed by atoms with Gasteiger partial charge < -0.3 is 20.4 Å². The lowest BCUT2D eigenvalue weighted by Gasteiger charge is -2.45. The van der Waals surface area contributed by atoms with Crippen molar-refractivity contribution in [3.05, 3.63) is 12.2 Å². The second-order valence-electron chi connectivity index (χ2n) is 9.87. The highest BCUT2D eigenvalue weighted by molar-refractivity contribution is 5.89. The minimum atomic E-state index is -1.57. The van der Waals surface area contributed by atoms with Crippen LogP contribution in [-0.2, 0) is 4.79 Å². The van der Waals surface area contributed by atoms with Crippen molar-refractivity contribution in [2.45, 2.75) is 76.3 Å². The average molecular weight is 350 g/mol. The highest BCUT2D eigenvalue weighted by Crippen LogP contribution is 2.68. The summed E-state index contributed by atoms with van der Waals surface area (Å²) in [5, 5.41) is 44.6. The van der Waals surface area contributed by atoms with E-state index in [1.165, 1.54) is 0 Å². The van der Waals surface area contributed by atoms with Crippen molar-refractivity contribution < 1.29 is 25.2 Å². The normalized spacial score (nSPS) is 57.2. The second kappa shape index (κ2) is 4.75. The molecular weight excluding hydrogens is 320 g/mol. The maximum absolute atomic E-state index is 12.6. The van der Waals surface area contributed by atoms with Gasteiger partial charge in [-0.2, -0.15) is 0 Å². The van der Waals surface area contributed by atoms with Gasteiger partial charge in [0.2, 0.25) is 0 Å². The lowest BCUT2D eigenvalue weighted by Crippen LogP contribution is -2.56. The molecule has 25 heavy (non-hydrogen) atoms. The summed E-state index contributed by atoms with van der Waals surface area (Å²) in [6.07, 6.45) is 0.361. The van der Waals surface area contributed by atoms with Crippen LogP contribution in [0.15, 0.2) is 12.2 Å². The molecule has 8 atom stereocenters. The molecule has 5 heteroatoms. The van der Waals surface area contributed by atoms with Gasteiger partial charge in [-0.1, -0.05) is 26.0 Å². The molecule has 0 aromatic rings. The molecule has 4 rings (SSSR count). The van der Waals surface area contributed by atoms with Crippen LogP contribution in [0.1, 0.15) is 52.9 Å². The SMILES string of the molecule is C=C1[C@@H]2CC[C@@H]3[C@@H](O)[C@@]2(C[C@@H](O)[C@@]2(O)[C@H]1CC(=O)C2(C)C)C[C@@]3(C)O. The van der Waals surface area contributed by atoms with Crippen LogP contribution in [0.4, 0.5) is 0 Å². The van der Waals surface area contributed by atoms with Gasteiger partial charge in [0.1, 0.15) is 11.4 Å². The Bertz CT molecular complexity index is 652. The Morgan fingerprint density at radius 2 is 1.72 bits per heavy atom. The number of aliphatic hydroxyl groups excluding tert-OH is 2. The molecule has 1 spiro atoms. The van der Waals surface area contributed by atoms with Gasteiger partial charge in [-0.05, 0) is 38.5 Å². The first-order valence-corrected chi connectivity index (χ1v) is 9.42. The Morgan fingerprint density at radius 3 is 2.36 bits per heavy atom. The number of rotatable bonds is 0.